The molecule has 0 atom stereocenters. The Morgan fingerprint density at radius 1 is 1.29 bits per heavy atom. The standard InChI is InChI=1S/C9H10O4S/c1-7-2-4-8(5-3-7)14(12,13)6-9(10)11/h2-5H,6H2,1H3,(H,10,11). The van der Waals surface area contributed by atoms with Crippen LogP contribution in [-0.4, -0.2) is 25.2 Å². The second-order valence-corrected chi connectivity index (χ2v) is 4.96. The predicted molar refractivity (Wildman–Crippen MR) is 50.9 cm³/mol. The molecule has 0 heterocycles. The molecule has 1 aromatic carbocycles. The lowest BCUT2D eigenvalue weighted by Gasteiger charge is -2.01. The molecule has 0 aliphatic heterocycles. The van der Waals surface area contributed by atoms with Crippen molar-refractivity contribution in [3.05, 3.63) is 29.8 Å². The molecule has 0 saturated heterocycles. The molecule has 0 saturated carbocycles. The Balaban J connectivity index is 3.05. The predicted octanol–water partition coefficient (Wildman–Crippen LogP) is 0.853. The summed E-state index contributed by atoms with van der Waals surface area (Å²) >= 11 is 0. The van der Waals surface area contributed by atoms with Gasteiger partial charge in [-0.15, -0.1) is 0 Å². The van der Waals surface area contributed by atoms with Crippen molar-refractivity contribution < 1.29 is 18.3 Å². The Kier molecular flexibility index (Phi) is 2.90. The van der Waals surface area contributed by atoms with Crippen molar-refractivity contribution in [2.45, 2.75) is 11.8 Å². The Bertz CT molecular complexity index is 430. The average Bonchev–Trinajstić information content (AvgIpc) is 2.02. The summed E-state index contributed by atoms with van der Waals surface area (Å²) in [5.41, 5.74) is 0.930. The number of hydrogen-bond donors (Lipinski definition) is 1. The molecule has 4 nitrogen and oxygen atoms in total. The number of carboxylic acids is 1. The van der Waals surface area contributed by atoms with E-state index >= 15 is 0 Å². The molecule has 0 spiro atoms. The van der Waals surface area contributed by atoms with Crippen molar-refractivity contribution in [1.29, 1.82) is 0 Å². The van der Waals surface area contributed by atoms with Gasteiger partial charge in [0, 0.05) is 0 Å². The maximum Gasteiger partial charge on any atom is 0.319 e. The molecule has 14 heavy (non-hydrogen) atoms. The van der Waals surface area contributed by atoms with Crippen LogP contribution in [0.4, 0.5) is 0 Å². The van der Waals surface area contributed by atoms with E-state index in [1.807, 2.05) is 6.92 Å². The van der Waals surface area contributed by atoms with Gasteiger partial charge >= 0.3 is 5.97 Å². The topological polar surface area (TPSA) is 71.4 Å². The van der Waals surface area contributed by atoms with E-state index in [4.69, 9.17) is 5.11 Å². The average molecular weight is 214 g/mol. The highest BCUT2D eigenvalue weighted by molar-refractivity contribution is 7.92. The molecule has 1 N–H and O–H groups in total. The summed E-state index contributed by atoms with van der Waals surface area (Å²) in [4.78, 5) is 10.3. The van der Waals surface area contributed by atoms with Crippen LogP contribution >= 0.6 is 0 Å². The molecule has 0 amide bonds. The van der Waals surface area contributed by atoms with Gasteiger partial charge in [-0.25, -0.2) is 8.42 Å². The number of carboxylic acid groups (broad SMARTS) is 1. The van der Waals surface area contributed by atoms with E-state index < -0.39 is 21.6 Å². The normalized spacial score (nSPS) is 11.2. The van der Waals surface area contributed by atoms with Crippen LogP contribution in [-0.2, 0) is 14.6 Å². The monoisotopic (exact) mass is 214 g/mol. The number of carbonyl (C=O) groups is 1. The highest BCUT2D eigenvalue weighted by Gasteiger charge is 2.17. The van der Waals surface area contributed by atoms with Crippen molar-refractivity contribution in [2.75, 3.05) is 5.75 Å². The number of aliphatic carboxylic acids is 1. The van der Waals surface area contributed by atoms with E-state index in [2.05, 4.69) is 0 Å². The summed E-state index contributed by atoms with van der Waals surface area (Å²) in [6, 6.07) is 6.09. The second kappa shape index (κ2) is 3.79. The van der Waals surface area contributed by atoms with Crippen LogP contribution in [0.2, 0.25) is 0 Å². The van der Waals surface area contributed by atoms with Gasteiger partial charge in [0.2, 0.25) is 0 Å². The van der Waals surface area contributed by atoms with Gasteiger partial charge in [-0.2, -0.15) is 0 Å². The maximum absolute atomic E-state index is 11.4. The van der Waals surface area contributed by atoms with Crippen LogP contribution in [0, 0.1) is 6.92 Å². The minimum Gasteiger partial charge on any atom is -0.480 e. The molecule has 0 aromatic heterocycles. The third kappa shape index (κ3) is 2.56. The lowest BCUT2D eigenvalue weighted by atomic mass is 10.2. The van der Waals surface area contributed by atoms with Crippen molar-refractivity contribution in [1.82, 2.24) is 0 Å². The van der Waals surface area contributed by atoms with E-state index in [1.165, 1.54) is 12.1 Å². The van der Waals surface area contributed by atoms with Crippen LogP contribution in [0.1, 0.15) is 5.56 Å². The lowest BCUT2D eigenvalue weighted by Crippen LogP contribution is -2.15. The number of sulfone groups is 1. The van der Waals surface area contributed by atoms with E-state index in [0.717, 1.165) is 5.56 Å². The Hall–Kier alpha value is -1.36. The molecular weight excluding hydrogens is 204 g/mol. The molecule has 0 unspecified atom stereocenters. The first-order chi connectivity index (χ1) is 6.42. The van der Waals surface area contributed by atoms with Gasteiger partial charge in [0.15, 0.2) is 15.6 Å². The second-order valence-electron chi connectivity index (χ2n) is 2.97. The largest absolute Gasteiger partial charge is 0.480 e. The Morgan fingerprint density at radius 3 is 2.21 bits per heavy atom. The minimum atomic E-state index is -3.68. The summed E-state index contributed by atoms with van der Waals surface area (Å²) in [5.74, 6) is -2.21. The fourth-order valence-electron chi connectivity index (χ4n) is 0.991. The minimum absolute atomic E-state index is 0.0468. The van der Waals surface area contributed by atoms with Crippen LogP contribution in [0.25, 0.3) is 0 Å². The van der Waals surface area contributed by atoms with Crippen LogP contribution < -0.4 is 0 Å². The smallest absolute Gasteiger partial charge is 0.319 e. The Morgan fingerprint density at radius 2 is 1.79 bits per heavy atom. The van der Waals surface area contributed by atoms with Gasteiger partial charge in [-0.1, -0.05) is 17.7 Å². The zero-order valence-electron chi connectivity index (χ0n) is 7.60. The van der Waals surface area contributed by atoms with E-state index in [0.29, 0.717) is 0 Å². The fourth-order valence-corrected chi connectivity index (χ4v) is 2.03. The molecule has 1 rings (SSSR count). The van der Waals surface area contributed by atoms with Crippen molar-refractivity contribution in [3.8, 4) is 0 Å². The molecule has 0 radical (unpaired) electrons. The third-order valence-corrected chi connectivity index (χ3v) is 3.31. The van der Waals surface area contributed by atoms with Crippen molar-refractivity contribution in [2.24, 2.45) is 0 Å². The van der Waals surface area contributed by atoms with Crippen molar-refractivity contribution >= 4 is 15.8 Å². The fraction of sp³-hybridized carbons (Fsp3) is 0.222. The molecular formula is C9H10O4S. The molecule has 0 aliphatic carbocycles. The van der Waals surface area contributed by atoms with E-state index in [9.17, 15) is 13.2 Å². The molecule has 0 aliphatic rings. The summed E-state index contributed by atoms with van der Waals surface area (Å²) in [6.45, 7) is 1.83. The van der Waals surface area contributed by atoms with Crippen LogP contribution in [0.5, 0.6) is 0 Å². The van der Waals surface area contributed by atoms with Crippen molar-refractivity contribution in [3.63, 3.8) is 0 Å². The Labute approximate surface area is 82.1 Å². The maximum atomic E-state index is 11.4. The van der Waals surface area contributed by atoms with Gasteiger partial charge in [0.05, 0.1) is 4.90 Å². The first-order valence-corrected chi connectivity index (χ1v) is 5.58. The van der Waals surface area contributed by atoms with E-state index in [-0.39, 0.29) is 4.90 Å². The van der Waals surface area contributed by atoms with Gasteiger partial charge in [0.1, 0.15) is 0 Å². The molecule has 1 aromatic rings. The molecule has 0 bridgehead atoms. The summed E-state index contributed by atoms with van der Waals surface area (Å²) in [5, 5.41) is 8.39. The summed E-state index contributed by atoms with van der Waals surface area (Å²) in [6.07, 6.45) is 0. The number of hydrogen-bond acceptors (Lipinski definition) is 3. The third-order valence-electron chi connectivity index (χ3n) is 1.69. The van der Waals surface area contributed by atoms with Crippen LogP contribution in [0.15, 0.2) is 29.2 Å². The highest BCUT2D eigenvalue weighted by atomic mass is 32.2. The van der Waals surface area contributed by atoms with E-state index in [1.54, 1.807) is 12.1 Å². The molecule has 76 valence electrons. The number of rotatable bonds is 3. The first-order valence-electron chi connectivity index (χ1n) is 3.93. The van der Waals surface area contributed by atoms with Gasteiger partial charge in [-0.05, 0) is 19.1 Å². The summed E-state index contributed by atoms with van der Waals surface area (Å²) < 4.78 is 22.7. The quantitative estimate of drug-likeness (QED) is 0.809. The summed E-state index contributed by atoms with van der Waals surface area (Å²) in [7, 11) is -3.68. The zero-order valence-corrected chi connectivity index (χ0v) is 8.41. The van der Waals surface area contributed by atoms with Gasteiger partial charge in [0.25, 0.3) is 0 Å². The zero-order chi connectivity index (χ0) is 10.8. The number of benzene rings is 1. The lowest BCUT2D eigenvalue weighted by molar-refractivity contribution is -0.134. The highest BCUT2D eigenvalue weighted by Crippen LogP contribution is 2.11. The van der Waals surface area contributed by atoms with Crippen LogP contribution in [0.3, 0.4) is 0 Å². The SMILES string of the molecule is Cc1ccc(S(=O)(=O)CC(=O)O)cc1. The first kappa shape index (κ1) is 10.7. The number of aryl methyl sites for hydroxylation is 1. The molecule has 0 fully saturated rings. The van der Waals surface area contributed by atoms with Gasteiger partial charge in [-0.3, -0.25) is 4.79 Å². The van der Waals surface area contributed by atoms with Gasteiger partial charge < -0.3 is 5.11 Å². The molecule has 5 heteroatoms.